The Morgan fingerprint density at radius 1 is 1.32 bits per heavy atom. The summed E-state index contributed by atoms with van der Waals surface area (Å²) in [6.07, 6.45) is 0. The van der Waals surface area contributed by atoms with Crippen LogP contribution in [-0.4, -0.2) is 12.9 Å². The maximum Gasteiger partial charge on any atom is 0.196 e. The number of hydrogen-bond acceptors (Lipinski definition) is 3. The van der Waals surface area contributed by atoms with Gasteiger partial charge in [-0.2, -0.15) is 0 Å². The van der Waals surface area contributed by atoms with Crippen LogP contribution in [0.1, 0.15) is 15.9 Å². The molecule has 2 N–H and O–H groups in total. The van der Waals surface area contributed by atoms with Gasteiger partial charge < -0.3 is 10.5 Å². The number of ketones is 1. The van der Waals surface area contributed by atoms with E-state index in [1.165, 1.54) is 19.2 Å². The van der Waals surface area contributed by atoms with Crippen LogP contribution in [0.3, 0.4) is 0 Å². The van der Waals surface area contributed by atoms with Crippen molar-refractivity contribution in [1.82, 2.24) is 0 Å². The van der Waals surface area contributed by atoms with Crippen LogP contribution < -0.4 is 10.5 Å². The molecule has 0 amide bonds. The third-order valence-corrected chi connectivity index (χ3v) is 3.38. The summed E-state index contributed by atoms with van der Waals surface area (Å²) in [7, 11) is 1.35. The molecule has 0 spiro atoms. The fourth-order valence-corrected chi connectivity index (χ4v) is 2.05. The summed E-state index contributed by atoms with van der Waals surface area (Å²) in [4.78, 5) is 12.2. The molecule has 2 aromatic rings. The Bertz CT molecular complexity index is 643. The van der Waals surface area contributed by atoms with Gasteiger partial charge in [0, 0.05) is 15.7 Å². The molecule has 0 radical (unpaired) electrons. The van der Waals surface area contributed by atoms with Crippen molar-refractivity contribution in [3.63, 3.8) is 0 Å². The number of rotatable bonds is 3. The third-order valence-electron chi connectivity index (χ3n) is 2.69. The van der Waals surface area contributed by atoms with Crippen LogP contribution >= 0.6 is 15.9 Å². The van der Waals surface area contributed by atoms with E-state index in [4.69, 9.17) is 10.5 Å². The molecular weight excluding hydrogens is 313 g/mol. The van der Waals surface area contributed by atoms with Crippen LogP contribution in [0.4, 0.5) is 10.1 Å². The number of carbonyl (C=O) groups excluding carboxylic acids is 1. The minimum Gasteiger partial charge on any atom is -0.494 e. The van der Waals surface area contributed by atoms with Crippen molar-refractivity contribution >= 4 is 27.4 Å². The lowest BCUT2D eigenvalue weighted by Crippen LogP contribution is -2.06. The Kier molecular flexibility index (Phi) is 3.85. The number of carbonyl (C=O) groups is 1. The van der Waals surface area contributed by atoms with Gasteiger partial charge in [0.1, 0.15) is 0 Å². The van der Waals surface area contributed by atoms with Gasteiger partial charge in [0.25, 0.3) is 0 Å². The number of anilines is 1. The van der Waals surface area contributed by atoms with Crippen molar-refractivity contribution in [3.8, 4) is 5.75 Å². The summed E-state index contributed by atoms with van der Waals surface area (Å²) in [6, 6.07) is 9.17. The zero-order valence-corrected chi connectivity index (χ0v) is 11.7. The summed E-state index contributed by atoms with van der Waals surface area (Å²) in [6.45, 7) is 0. The Morgan fingerprint density at radius 2 is 2.05 bits per heavy atom. The Hall–Kier alpha value is -1.88. The monoisotopic (exact) mass is 323 g/mol. The Labute approximate surface area is 118 Å². The largest absolute Gasteiger partial charge is 0.494 e. The normalized spacial score (nSPS) is 10.3. The standard InChI is InChI=1S/C14H11BrFNO2/c1-19-12-4-2-3-9(13(12)16)14(18)8-5-6-11(17)10(15)7-8/h2-7H,17H2,1H3. The third kappa shape index (κ3) is 2.61. The lowest BCUT2D eigenvalue weighted by Gasteiger charge is -2.07. The fraction of sp³-hybridized carbons (Fsp3) is 0.0714. The van der Waals surface area contributed by atoms with Gasteiger partial charge in [-0.25, -0.2) is 4.39 Å². The molecule has 0 atom stereocenters. The minimum absolute atomic E-state index is 0.0315. The first kappa shape index (κ1) is 13.5. The molecule has 0 aliphatic rings. The van der Waals surface area contributed by atoms with Crippen LogP contribution in [0.2, 0.25) is 0 Å². The zero-order valence-electron chi connectivity index (χ0n) is 10.1. The van der Waals surface area contributed by atoms with Gasteiger partial charge in [-0.1, -0.05) is 6.07 Å². The van der Waals surface area contributed by atoms with Gasteiger partial charge in [0.05, 0.1) is 12.7 Å². The highest BCUT2D eigenvalue weighted by Gasteiger charge is 2.17. The molecule has 3 nitrogen and oxygen atoms in total. The molecule has 98 valence electrons. The van der Waals surface area contributed by atoms with Gasteiger partial charge in [0.2, 0.25) is 0 Å². The number of methoxy groups -OCH3 is 1. The topological polar surface area (TPSA) is 52.3 Å². The molecule has 19 heavy (non-hydrogen) atoms. The molecule has 0 fully saturated rings. The molecule has 0 aromatic heterocycles. The van der Waals surface area contributed by atoms with Gasteiger partial charge in [0.15, 0.2) is 17.3 Å². The average molecular weight is 324 g/mol. The molecule has 0 saturated carbocycles. The van der Waals surface area contributed by atoms with E-state index in [0.717, 1.165) is 0 Å². The summed E-state index contributed by atoms with van der Waals surface area (Å²) >= 11 is 3.24. The van der Waals surface area contributed by atoms with E-state index >= 15 is 0 Å². The van der Waals surface area contributed by atoms with E-state index in [2.05, 4.69) is 15.9 Å². The van der Waals surface area contributed by atoms with Crippen LogP contribution in [0.25, 0.3) is 0 Å². The molecule has 0 unspecified atom stereocenters. The predicted octanol–water partition coefficient (Wildman–Crippen LogP) is 3.41. The summed E-state index contributed by atoms with van der Waals surface area (Å²) in [5.41, 5.74) is 6.49. The second kappa shape index (κ2) is 5.40. The lowest BCUT2D eigenvalue weighted by atomic mass is 10.0. The molecule has 0 heterocycles. The highest BCUT2D eigenvalue weighted by Crippen LogP contribution is 2.25. The molecule has 0 saturated heterocycles. The Morgan fingerprint density at radius 3 is 2.68 bits per heavy atom. The van der Waals surface area contributed by atoms with Gasteiger partial charge >= 0.3 is 0 Å². The van der Waals surface area contributed by atoms with Crippen LogP contribution in [0.15, 0.2) is 40.9 Å². The number of nitrogens with two attached hydrogens (primary N) is 1. The van der Waals surface area contributed by atoms with Crippen LogP contribution in [0, 0.1) is 5.82 Å². The van der Waals surface area contributed by atoms with Crippen molar-refractivity contribution < 1.29 is 13.9 Å². The fourth-order valence-electron chi connectivity index (χ4n) is 1.67. The smallest absolute Gasteiger partial charge is 0.196 e. The number of hydrogen-bond donors (Lipinski definition) is 1. The highest BCUT2D eigenvalue weighted by atomic mass is 79.9. The van der Waals surface area contributed by atoms with Gasteiger partial charge in [-0.15, -0.1) is 0 Å². The quantitative estimate of drug-likeness (QED) is 0.695. The lowest BCUT2D eigenvalue weighted by molar-refractivity contribution is 0.103. The van der Waals surface area contributed by atoms with E-state index in [1.807, 2.05) is 0 Å². The first-order valence-electron chi connectivity index (χ1n) is 5.47. The van der Waals surface area contributed by atoms with Crippen molar-refractivity contribution in [1.29, 1.82) is 0 Å². The number of nitrogen functional groups attached to an aromatic ring is 1. The molecule has 0 aliphatic carbocycles. The summed E-state index contributed by atoms with van der Waals surface area (Å²) in [5, 5.41) is 0. The average Bonchev–Trinajstić information content (AvgIpc) is 2.41. The summed E-state index contributed by atoms with van der Waals surface area (Å²) < 4.78 is 19.5. The van der Waals surface area contributed by atoms with Crippen molar-refractivity contribution in [2.24, 2.45) is 0 Å². The SMILES string of the molecule is COc1cccc(C(=O)c2ccc(N)c(Br)c2)c1F. The first-order valence-corrected chi connectivity index (χ1v) is 6.26. The Balaban J connectivity index is 2.47. The second-order valence-corrected chi connectivity index (χ2v) is 4.74. The van der Waals surface area contributed by atoms with Crippen molar-refractivity contribution in [2.45, 2.75) is 0 Å². The maximum absolute atomic E-state index is 14.0. The van der Waals surface area contributed by atoms with Gasteiger partial charge in [-0.05, 0) is 46.3 Å². The zero-order chi connectivity index (χ0) is 14.0. The molecule has 2 rings (SSSR count). The van der Waals surface area contributed by atoms with E-state index in [1.54, 1.807) is 24.3 Å². The van der Waals surface area contributed by atoms with E-state index in [0.29, 0.717) is 15.7 Å². The maximum atomic E-state index is 14.0. The summed E-state index contributed by atoms with van der Waals surface area (Å²) in [5.74, 6) is -1.04. The van der Waals surface area contributed by atoms with E-state index in [-0.39, 0.29) is 11.3 Å². The second-order valence-electron chi connectivity index (χ2n) is 3.89. The molecule has 0 bridgehead atoms. The van der Waals surface area contributed by atoms with Crippen LogP contribution in [0.5, 0.6) is 5.75 Å². The molecule has 5 heteroatoms. The molecule has 2 aromatic carbocycles. The predicted molar refractivity (Wildman–Crippen MR) is 74.9 cm³/mol. The number of benzene rings is 2. The minimum atomic E-state index is -0.664. The molecular formula is C14H11BrFNO2. The number of halogens is 2. The van der Waals surface area contributed by atoms with E-state index in [9.17, 15) is 9.18 Å². The van der Waals surface area contributed by atoms with Crippen molar-refractivity contribution in [3.05, 3.63) is 57.8 Å². The number of ether oxygens (including phenoxy) is 1. The van der Waals surface area contributed by atoms with Crippen LogP contribution in [-0.2, 0) is 0 Å². The van der Waals surface area contributed by atoms with Gasteiger partial charge in [-0.3, -0.25) is 4.79 Å². The highest BCUT2D eigenvalue weighted by molar-refractivity contribution is 9.10. The first-order chi connectivity index (χ1) is 9.04. The van der Waals surface area contributed by atoms with E-state index < -0.39 is 11.6 Å². The van der Waals surface area contributed by atoms with Crippen molar-refractivity contribution in [2.75, 3.05) is 12.8 Å². The molecule has 0 aliphatic heterocycles.